The van der Waals surface area contributed by atoms with Gasteiger partial charge in [-0.15, -0.1) is 11.3 Å². The van der Waals surface area contributed by atoms with Crippen molar-refractivity contribution in [1.29, 1.82) is 0 Å². The Morgan fingerprint density at radius 3 is 2.12 bits per heavy atom. The second kappa shape index (κ2) is 7.01. The Hall–Kier alpha value is -1.75. The lowest BCUT2D eigenvalue weighted by molar-refractivity contribution is -0.120. The summed E-state index contributed by atoms with van der Waals surface area (Å²) >= 11 is 0.598. The summed E-state index contributed by atoms with van der Waals surface area (Å²) < 4.78 is 47.2. The van der Waals surface area contributed by atoms with Crippen LogP contribution in [0.5, 0.6) is 0 Å². The molecule has 0 saturated carbocycles. The van der Waals surface area contributed by atoms with E-state index in [9.17, 15) is 21.6 Å². The number of amides is 1. The highest BCUT2D eigenvalue weighted by Gasteiger charge is 2.22. The molecule has 1 aromatic heterocycles. The summed E-state index contributed by atoms with van der Waals surface area (Å²) in [6.45, 7) is 2.33. The van der Waals surface area contributed by atoms with E-state index >= 15 is 0 Å². The maximum absolute atomic E-state index is 12.5. The molecular weight excluding hydrogens is 372 g/mol. The Kier molecular flexibility index (Phi) is 5.43. The number of nitrogens with one attached hydrogen (secondary N) is 1. The maximum atomic E-state index is 12.5. The van der Waals surface area contributed by atoms with Crippen molar-refractivity contribution in [2.75, 3.05) is 6.54 Å². The predicted molar refractivity (Wildman–Crippen MR) is 90.0 cm³/mol. The van der Waals surface area contributed by atoms with Crippen molar-refractivity contribution in [3.05, 3.63) is 42.0 Å². The van der Waals surface area contributed by atoms with Crippen LogP contribution in [-0.2, 0) is 31.1 Å². The lowest BCUT2D eigenvalue weighted by Gasteiger charge is -2.05. The summed E-state index contributed by atoms with van der Waals surface area (Å²) in [7, 11) is -7.78. The van der Waals surface area contributed by atoms with E-state index in [4.69, 9.17) is 5.14 Å². The highest BCUT2D eigenvalue weighted by atomic mass is 32.3. The van der Waals surface area contributed by atoms with Crippen LogP contribution in [0.15, 0.2) is 49.7 Å². The van der Waals surface area contributed by atoms with E-state index < -0.39 is 19.9 Å². The summed E-state index contributed by atoms with van der Waals surface area (Å²) in [5, 5.41) is 7.65. The summed E-state index contributed by atoms with van der Waals surface area (Å²) in [5.74, 6) is -0.149. The minimum Gasteiger partial charge on any atom is -0.356 e. The van der Waals surface area contributed by atoms with Crippen LogP contribution < -0.4 is 10.5 Å². The minimum absolute atomic E-state index is 0.0185. The van der Waals surface area contributed by atoms with Gasteiger partial charge in [-0.2, -0.15) is 0 Å². The Balaban J connectivity index is 2.27. The van der Waals surface area contributed by atoms with E-state index in [2.05, 4.69) is 5.32 Å². The minimum atomic E-state index is -3.94. The number of likely N-dealkylation sites (N-methyl/N-ethyl adjacent to an activating group) is 1. The molecule has 2 aromatic rings. The van der Waals surface area contributed by atoms with Crippen LogP contribution in [0.3, 0.4) is 0 Å². The number of primary sulfonamides is 1. The van der Waals surface area contributed by atoms with Gasteiger partial charge in [-0.25, -0.2) is 22.0 Å². The molecule has 130 valence electrons. The highest BCUT2D eigenvalue weighted by molar-refractivity contribution is 7.95. The monoisotopic (exact) mass is 388 g/mol. The van der Waals surface area contributed by atoms with Gasteiger partial charge in [0.1, 0.15) is 8.42 Å². The van der Waals surface area contributed by atoms with Crippen molar-refractivity contribution in [3.63, 3.8) is 0 Å². The van der Waals surface area contributed by atoms with Crippen LogP contribution in [0.4, 0.5) is 0 Å². The summed E-state index contributed by atoms with van der Waals surface area (Å²) in [5.41, 5.74) is 0.677. The van der Waals surface area contributed by atoms with Gasteiger partial charge < -0.3 is 5.32 Å². The van der Waals surface area contributed by atoms with Gasteiger partial charge >= 0.3 is 0 Å². The largest absolute Gasteiger partial charge is 0.356 e. The molecule has 0 atom stereocenters. The smallest absolute Gasteiger partial charge is 0.247 e. The van der Waals surface area contributed by atoms with Gasteiger partial charge in [-0.3, -0.25) is 4.79 Å². The van der Waals surface area contributed by atoms with Crippen LogP contribution in [-0.4, -0.2) is 29.3 Å². The number of sulfonamides is 1. The molecule has 10 heteroatoms. The molecule has 0 spiro atoms. The lowest BCUT2D eigenvalue weighted by atomic mass is 10.1. The Labute approximate surface area is 144 Å². The molecule has 3 N–H and O–H groups in total. The van der Waals surface area contributed by atoms with Crippen LogP contribution >= 0.6 is 11.3 Å². The number of nitrogens with two attached hydrogens (primary N) is 1. The van der Waals surface area contributed by atoms with Gasteiger partial charge in [0.15, 0.2) is 0 Å². The molecule has 24 heavy (non-hydrogen) atoms. The van der Waals surface area contributed by atoms with Crippen molar-refractivity contribution in [2.45, 2.75) is 26.7 Å². The fourth-order valence-electron chi connectivity index (χ4n) is 1.95. The van der Waals surface area contributed by atoms with Crippen LogP contribution in [0.1, 0.15) is 12.5 Å². The zero-order chi connectivity index (χ0) is 18.0. The van der Waals surface area contributed by atoms with Gasteiger partial charge in [0, 0.05) is 6.54 Å². The van der Waals surface area contributed by atoms with E-state index in [-0.39, 0.29) is 25.6 Å². The molecular formula is C14H16N2O5S3. The number of carbonyl (C=O) groups excluding carboxylic acids is 1. The van der Waals surface area contributed by atoms with Gasteiger partial charge in [0.05, 0.1) is 11.3 Å². The standard InChI is InChI=1S/C14H16N2O5S3/c1-2-16-12(17)9-10-3-5-11(6-4-10)23(18,19)13-7-8-14(22-13)24(15,20)21/h3-8H,2,9H2,1H3,(H,16,17)(H2,15,20,21). The molecule has 0 radical (unpaired) electrons. The first-order valence-electron chi connectivity index (χ1n) is 6.88. The van der Waals surface area contributed by atoms with Gasteiger partial charge in [0.25, 0.3) is 0 Å². The van der Waals surface area contributed by atoms with Crippen molar-refractivity contribution in [1.82, 2.24) is 5.32 Å². The molecule has 0 unspecified atom stereocenters. The molecule has 1 aromatic carbocycles. The molecule has 1 heterocycles. The Bertz CT molecular complexity index is 945. The van der Waals surface area contributed by atoms with Crippen molar-refractivity contribution >= 4 is 37.1 Å². The number of hydrogen-bond acceptors (Lipinski definition) is 6. The third-order valence-electron chi connectivity index (χ3n) is 3.07. The van der Waals surface area contributed by atoms with Crippen molar-refractivity contribution in [2.24, 2.45) is 5.14 Å². The number of sulfone groups is 1. The molecule has 0 aliphatic rings. The van der Waals surface area contributed by atoms with E-state index in [0.29, 0.717) is 23.4 Å². The molecule has 0 bridgehead atoms. The average Bonchev–Trinajstić information content (AvgIpc) is 2.98. The third kappa shape index (κ3) is 4.20. The molecule has 0 aliphatic carbocycles. The molecule has 7 nitrogen and oxygen atoms in total. The summed E-state index contributed by atoms with van der Waals surface area (Å²) in [6.07, 6.45) is 0.155. The Morgan fingerprint density at radius 2 is 1.62 bits per heavy atom. The highest BCUT2D eigenvalue weighted by Crippen LogP contribution is 2.29. The lowest BCUT2D eigenvalue weighted by Crippen LogP contribution is -2.24. The van der Waals surface area contributed by atoms with Crippen LogP contribution in [0.25, 0.3) is 0 Å². The SMILES string of the molecule is CCNC(=O)Cc1ccc(S(=O)(=O)c2ccc(S(N)(=O)=O)s2)cc1. The Morgan fingerprint density at radius 1 is 1.04 bits per heavy atom. The molecule has 0 saturated heterocycles. The zero-order valence-corrected chi connectivity index (χ0v) is 15.2. The second-order valence-corrected chi connectivity index (χ2v) is 9.94. The topological polar surface area (TPSA) is 123 Å². The van der Waals surface area contributed by atoms with Crippen molar-refractivity contribution < 1.29 is 21.6 Å². The molecule has 0 fully saturated rings. The van der Waals surface area contributed by atoms with Gasteiger partial charge in [-0.05, 0) is 36.8 Å². The van der Waals surface area contributed by atoms with Crippen molar-refractivity contribution in [3.8, 4) is 0 Å². The van der Waals surface area contributed by atoms with E-state index in [1.165, 1.54) is 18.2 Å². The third-order valence-corrected chi connectivity index (χ3v) is 7.86. The van der Waals surface area contributed by atoms with E-state index in [0.717, 1.165) is 6.07 Å². The second-order valence-electron chi connectivity index (χ2n) is 4.90. The maximum Gasteiger partial charge on any atom is 0.247 e. The van der Waals surface area contributed by atoms with E-state index in [1.54, 1.807) is 12.1 Å². The predicted octanol–water partition coefficient (Wildman–Crippen LogP) is 0.907. The number of rotatable bonds is 6. The first-order chi connectivity index (χ1) is 11.1. The molecule has 0 aliphatic heterocycles. The first-order valence-corrected chi connectivity index (χ1v) is 10.7. The first kappa shape index (κ1) is 18.6. The quantitative estimate of drug-likeness (QED) is 0.761. The number of hydrogen-bond donors (Lipinski definition) is 2. The number of carbonyl (C=O) groups is 1. The van der Waals surface area contributed by atoms with Crippen LogP contribution in [0, 0.1) is 0 Å². The van der Waals surface area contributed by atoms with Gasteiger partial charge in [-0.1, -0.05) is 12.1 Å². The fraction of sp³-hybridized carbons (Fsp3) is 0.214. The summed E-state index contributed by atoms with van der Waals surface area (Å²) in [4.78, 5) is 11.5. The van der Waals surface area contributed by atoms with E-state index in [1.807, 2.05) is 6.92 Å². The zero-order valence-electron chi connectivity index (χ0n) is 12.7. The molecule has 2 rings (SSSR count). The summed E-state index contributed by atoms with van der Waals surface area (Å²) in [6, 6.07) is 8.26. The van der Waals surface area contributed by atoms with Crippen LogP contribution in [0.2, 0.25) is 0 Å². The normalized spacial score (nSPS) is 12.1. The fourth-order valence-corrected chi connectivity index (χ4v) is 5.54. The number of benzene rings is 1. The molecule has 1 amide bonds. The number of thiophene rings is 1. The van der Waals surface area contributed by atoms with Gasteiger partial charge in [0.2, 0.25) is 25.8 Å². The average molecular weight is 388 g/mol.